The third kappa shape index (κ3) is 4.11. The Kier molecular flexibility index (Phi) is 7.59. The van der Waals surface area contributed by atoms with Crippen LogP contribution >= 0.6 is 24.8 Å². The third-order valence-corrected chi connectivity index (χ3v) is 5.35. The van der Waals surface area contributed by atoms with Crippen LogP contribution in [0.25, 0.3) is 0 Å². The Balaban J connectivity index is 0.00000132. The van der Waals surface area contributed by atoms with E-state index in [1.807, 2.05) is 13.1 Å². The van der Waals surface area contributed by atoms with Crippen LogP contribution in [0.4, 0.5) is 0 Å². The van der Waals surface area contributed by atoms with Crippen molar-refractivity contribution in [2.24, 2.45) is 17.6 Å². The smallest absolute Gasteiger partial charge is 0.128 e. The van der Waals surface area contributed by atoms with E-state index in [1.54, 1.807) is 7.11 Å². The summed E-state index contributed by atoms with van der Waals surface area (Å²) in [6.07, 6.45) is 5.77. The second-order valence-corrected chi connectivity index (χ2v) is 6.76. The topological polar surface area (TPSA) is 51.4 Å². The second-order valence-electron chi connectivity index (χ2n) is 6.76. The minimum Gasteiger partial charge on any atom is -0.496 e. The van der Waals surface area contributed by atoms with Crippen molar-refractivity contribution in [3.8, 4) is 5.75 Å². The Morgan fingerprint density at radius 2 is 2.00 bits per heavy atom. The van der Waals surface area contributed by atoms with E-state index in [0.717, 1.165) is 36.0 Å². The zero-order valence-corrected chi connectivity index (χ0v) is 15.9. The zero-order valence-electron chi connectivity index (χ0n) is 14.2. The van der Waals surface area contributed by atoms with E-state index in [-0.39, 0.29) is 24.8 Å². The van der Waals surface area contributed by atoms with Crippen molar-refractivity contribution in [1.82, 2.24) is 9.88 Å². The molecule has 1 aromatic heterocycles. The first-order chi connectivity index (χ1) is 10.1. The number of aryl methyl sites for hydroxylation is 1. The van der Waals surface area contributed by atoms with E-state index in [2.05, 4.69) is 16.8 Å². The number of fused-ring (bicyclic) bond motifs is 1. The summed E-state index contributed by atoms with van der Waals surface area (Å²) in [5.41, 5.74) is 9.74. The average molecular weight is 362 g/mol. The molecule has 6 heteroatoms. The van der Waals surface area contributed by atoms with Gasteiger partial charge in [0.25, 0.3) is 0 Å². The van der Waals surface area contributed by atoms with Crippen molar-refractivity contribution >= 4 is 24.8 Å². The lowest BCUT2D eigenvalue weighted by Crippen LogP contribution is -2.38. The number of nitrogens with two attached hydrogens (primary N) is 1. The number of hydrogen-bond acceptors (Lipinski definition) is 4. The van der Waals surface area contributed by atoms with Crippen molar-refractivity contribution in [2.45, 2.75) is 45.7 Å². The van der Waals surface area contributed by atoms with Crippen molar-refractivity contribution in [1.29, 1.82) is 0 Å². The maximum absolute atomic E-state index is 6.31. The summed E-state index contributed by atoms with van der Waals surface area (Å²) in [6.45, 7) is 7.39. The number of hydrogen-bond donors (Lipinski definition) is 1. The maximum Gasteiger partial charge on any atom is 0.128 e. The fourth-order valence-electron chi connectivity index (χ4n) is 4.18. The number of ether oxygens (including phenoxy) is 1. The lowest BCUT2D eigenvalue weighted by Gasteiger charge is -2.29. The van der Waals surface area contributed by atoms with Gasteiger partial charge in [0.2, 0.25) is 0 Å². The number of halogens is 2. The van der Waals surface area contributed by atoms with Gasteiger partial charge in [0.05, 0.1) is 12.8 Å². The molecule has 2 fully saturated rings. The third-order valence-electron chi connectivity index (χ3n) is 5.35. The Hall–Kier alpha value is -0.550. The predicted octanol–water partition coefficient (Wildman–Crippen LogP) is 3.11. The minimum atomic E-state index is 0. The molecule has 0 bridgehead atoms. The number of likely N-dealkylation sites (tertiary alicyclic amines) is 1. The van der Waals surface area contributed by atoms with Gasteiger partial charge in [-0.1, -0.05) is 6.42 Å². The molecule has 0 spiro atoms. The molecule has 2 N–H and O–H groups in total. The molecule has 1 saturated heterocycles. The van der Waals surface area contributed by atoms with Gasteiger partial charge in [-0.3, -0.25) is 9.88 Å². The van der Waals surface area contributed by atoms with E-state index < -0.39 is 0 Å². The number of methoxy groups -OCH3 is 1. The number of aromatic nitrogens is 1. The van der Waals surface area contributed by atoms with Crippen LogP contribution in [0.15, 0.2) is 6.20 Å². The molecular weight excluding hydrogens is 333 g/mol. The van der Waals surface area contributed by atoms with Crippen molar-refractivity contribution in [3.63, 3.8) is 0 Å². The highest BCUT2D eigenvalue weighted by Crippen LogP contribution is 2.36. The molecule has 1 aliphatic carbocycles. The molecule has 0 radical (unpaired) electrons. The summed E-state index contributed by atoms with van der Waals surface area (Å²) in [7, 11) is 1.74. The number of rotatable bonds is 3. The molecule has 1 aliphatic heterocycles. The first kappa shape index (κ1) is 20.5. The highest BCUT2D eigenvalue weighted by Gasteiger charge is 2.38. The molecule has 0 aromatic carbocycles. The molecule has 2 aliphatic rings. The van der Waals surface area contributed by atoms with Gasteiger partial charge in [-0.2, -0.15) is 0 Å². The molecule has 4 nitrogen and oxygen atoms in total. The molecule has 23 heavy (non-hydrogen) atoms. The van der Waals surface area contributed by atoms with Gasteiger partial charge in [0.1, 0.15) is 5.75 Å². The van der Waals surface area contributed by atoms with E-state index in [4.69, 9.17) is 10.5 Å². The average Bonchev–Trinajstić information content (AvgIpc) is 2.87. The Labute approximate surface area is 152 Å². The summed E-state index contributed by atoms with van der Waals surface area (Å²) < 4.78 is 5.51. The highest BCUT2D eigenvalue weighted by molar-refractivity contribution is 5.85. The van der Waals surface area contributed by atoms with Gasteiger partial charge in [-0.25, -0.2) is 0 Å². The van der Waals surface area contributed by atoms with Gasteiger partial charge >= 0.3 is 0 Å². The van der Waals surface area contributed by atoms with E-state index in [0.29, 0.717) is 12.0 Å². The van der Waals surface area contributed by atoms with Crippen LogP contribution in [0.5, 0.6) is 5.75 Å². The maximum atomic E-state index is 6.31. The van der Waals surface area contributed by atoms with Crippen LogP contribution in [0, 0.1) is 25.7 Å². The lowest BCUT2D eigenvalue weighted by molar-refractivity contribution is 0.259. The first-order valence-electron chi connectivity index (χ1n) is 8.07. The minimum absolute atomic E-state index is 0. The van der Waals surface area contributed by atoms with Crippen LogP contribution in [0.3, 0.4) is 0 Å². The van der Waals surface area contributed by atoms with Crippen LogP contribution in [0.1, 0.15) is 36.1 Å². The van der Waals surface area contributed by atoms with Crippen molar-refractivity contribution in [3.05, 3.63) is 23.0 Å². The highest BCUT2D eigenvalue weighted by atomic mass is 35.5. The molecule has 3 atom stereocenters. The van der Waals surface area contributed by atoms with E-state index >= 15 is 0 Å². The lowest BCUT2D eigenvalue weighted by atomic mass is 9.78. The molecule has 2 heterocycles. The zero-order chi connectivity index (χ0) is 15.0. The van der Waals surface area contributed by atoms with E-state index in [9.17, 15) is 0 Å². The quantitative estimate of drug-likeness (QED) is 0.898. The van der Waals surface area contributed by atoms with E-state index in [1.165, 1.54) is 31.4 Å². The van der Waals surface area contributed by atoms with Gasteiger partial charge in [-0.05, 0) is 38.5 Å². The summed E-state index contributed by atoms with van der Waals surface area (Å²) >= 11 is 0. The molecule has 1 aromatic rings. The Bertz CT molecular complexity index is 527. The van der Waals surface area contributed by atoms with Crippen LogP contribution in [-0.4, -0.2) is 36.1 Å². The van der Waals surface area contributed by atoms with Crippen LogP contribution < -0.4 is 10.5 Å². The van der Waals surface area contributed by atoms with Gasteiger partial charge < -0.3 is 10.5 Å². The van der Waals surface area contributed by atoms with Gasteiger partial charge in [0, 0.05) is 43.0 Å². The van der Waals surface area contributed by atoms with Gasteiger partial charge in [-0.15, -0.1) is 24.8 Å². The number of pyridine rings is 1. The Morgan fingerprint density at radius 3 is 2.65 bits per heavy atom. The SMILES string of the molecule is COc1c(C)cnc(CN2CC3CCCC(N)C3C2)c1C.Cl.Cl. The molecule has 3 unspecified atom stereocenters. The van der Waals surface area contributed by atoms with Crippen LogP contribution in [-0.2, 0) is 6.54 Å². The number of nitrogens with zero attached hydrogens (tertiary/aromatic N) is 2. The second kappa shape index (κ2) is 8.52. The molecular formula is C17H29Cl2N3O. The summed E-state index contributed by atoms with van der Waals surface area (Å²) in [5, 5.41) is 0. The van der Waals surface area contributed by atoms with Crippen LogP contribution in [0.2, 0.25) is 0 Å². The molecule has 0 amide bonds. The normalized spacial score (nSPS) is 26.9. The fourth-order valence-corrected chi connectivity index (χ4v) is 4.18. The summed E-state index contributed by atoms with van der Waals surface area (Å²) in [5.74, 6) is 2.46. The Morgan fingerprint density at radius 1 is 1.26 bits per heavy atom. The largest absolute Gasteiger partial charge is 0.496 e. The first-order valence-corrected chi connectivity index (χ1v) is 8.07. The monoisotopic (exact) mass is 361 g/mol. The summed E-state index contributed by atoms with van der Waals surface area (Å²) in [6, 6.07) is 0.398. The van der Waals surface area contributed by atoms with Crippen molar-refractivity contribution < 1.29 is 4.74 Å². The standard InChI is InChI=1S/C17H27N3O.2ClH/c1-11-7-19-16(12(2)17(11)21-3)10-20-8-13-5-4-6-15(18)14(13)9-20;;/h7,13-15H,4-6,8-10,18H2,1-3H3;2*1H. The predicted molar refractivity (Wildman–Crippen MR) is 98.8 cm³/mol. The molecule has 3 rings (SSSR count). The molecule has 132 valence electrons. The molecule has 1 saturated carbocycles. The van der Waals surface area contributed by atoms with Gasteiger partial charge in [0.15, 0.2) is 0 Å². The summed E-state index contributed by atoms with van der Waals surface area (Å²) in [4.78, 5) is 7.17. The van der Waals surface area contributed by atoms with Crippen molar-refractivity contribution in [2.75, 3.05) is 20.2 Å². The fraction of sp³-hybridized carbons (Fsp3) is 0.706.